The summed E-state index contributed by atoms with van der Waals surface area (Å²) in [5, 5.41) is 11.6. The molecule has 1 atom stereocenters. The average Bonchev–Trinajstić information content (AvgIpc) is 3.31. The lowest BCUT2D eigenvalue weighted by atomic mass is 10.0. The highest BCUT2D eigenvalue weighted by atomic mass is 16.5. The van der Waals surface area contributed by atoms with E-state index in [0.717, 1.165) is 50.7 Å². The van der Waals surface area contributed by atoms with Crippen LogP contribution < -0.4 is 5.32 Å². The summed E-state index contributed by atoms with van der Waals surface area (Å²) in [5.74, 6) is 2.87. The third-order valence-corrected chi connectivity index (χ3v) is 4.34. The largest absolute Gasteiger partial charge is 0.356 e. The molecule has 0 radical (unpaired) electrons. The van der Waals surface area contributed by atoms with Gasteiger partial charge in [-0.15, -0.1) is 0 Å². The van der Waals surface area contributed by atoms with Crippen LogP contribution in [0.3, 0.4) is 0 Å². The fourth-order valence-corrected chi connectivity index (χ4v) is 3.03. The van der Waals surface area contributed by atoms with Crippen molar-refractivity contribution < 1.29 is 4.52 Å². The molecule has 3 heterocycles. The first kappa shape index (κ1) is 16.5. The molecule has 0 saturated carbocycles. The van der Waals surface area contributed by atoms with Gasteiger partial charge in [-0.3, -0.25) is 9.67 Å². The van der Waals surface area contributed by atoms with E-state index in [-0.39, 0.29) is 0 Å². The Labute approximate surface area is 141 Å². The Bertz CT molecular complexity index is 690. The van der Waals surface area contributed by atoms with E-state index in [2.05, 4.69) is 36.6 Å². The zero-order chi connectivity index (χ0) is 16.9. The number of nitrogens with one attached hydrogen (secondary N) is 1. The lowest BCUT2D eigenvalue weighted by Gasteiger charge is -2.21. The average molecular weight is 331 g/mol. The Balaban J connectivity index is 1.49. The lowest BCUT2D eigenvalue weighted by molar-refractivity contribution is 0.376. The number of hydrogen-bond acceptors (Lipinski definition) is 5. The fourth-order valence-electron chi connectivity index (χ4n) is 3.03. The van der Waals surface area contributed by atoms with Crippen molar-refractivity contribution in [1.82, 2.24) is 30.1 Å². The van der Waals surface area contributed by atoms with Gasteiger partial charge >= 0.3 is 0 Å². The molecule has 0 spiro atoms. The fraction of sp³-hybridized carbons (Fsp3) is 0.625. The maximum absolute atomic E-state index is 5.13. The van der Waals surface area contributed by atoms with Crippen molar-refractivity contribution in [2.45, 2.75) is 32.1 Å². The third-order valence-electron chi connectivity index (χ3n) is 4.34. The van der Waals surface area contributed by atoms with Crippen LogP contribution in [0.15, 0.2) is 21.9 Å². The van der Waals surface area contributed by atoms with Crippen molar-refractivity contribution >= 4 is 5.96 Å². The number of rotatable bonds is 5. The molecule has 24 heavy (non-hydrogen) atoms. The minimum Gasteiger partial charge on any atom is -0.356 e. The summed E-state index contributed by atoms with van der Waals surface area (Å²) in [6.07, 6.45) is 6.68. The SMILES string of the molecule is CCc1nc(CCNC(=NC)N2CCC(c3cnn(C)c3)C2)no1. The molecule has 1 aliphatic heterocycles. The number of aryl methyl sites for hydroxylation is 2. The van der Waals surface area contributed by atoms with Gasteiger partial charge in [-0.2, -0.15) is 10.1 Å². The zero-order valence-corrected chi connectivity index (χ0v) is 14.6. The van der Waals surface area contributed by atoms with Gasteiger partial charge in [-0.1, -0.05) is 12.1 Å². The quantitative estimate of drug-likeness (QED) is 0.649. The highest BCUT2D eigenvalue weighted by Gasteiger charge is 2.26. The maximum atomic E-state index is 5.13. The van der Waals surface area contributed by atoms with Gasteiger partial charge in [0.15, 0.2) is 11.8 Å². The second-order valence-corrected chi connectivity index (χ2v) is 6.06. The molecular formula is C16H25N7O. The Morgan fingerprint density at radius 1 is 1.50 bits per heavy atom. The molecule has 1 saturated heterocycles. The summed E-state index contributed by atoms with van der Waals surface area (Å²) in [4.78, 5) is 11.0. The number of aromatic nitrogens is 4. The number of guanidine groups is 1. The van der Waals surface area contributed by atoms with Crippen LogP contribution in [0.4, 0.5) is 0 Å². The molecule has 2 aromatic rings. The Hall–Kier alpha value is -2.38. The Kier molecular flexibility index (Phi) is 5.12. The number of nitrogens with zero attached hydrogens (tertiary/aromatic N) is 6. The summed E-state index contributed by atoms with van der Waals surface area (Å²) in [6.45, 7) is 4.71. The van der Waals surface area contributed by atoms with Crippen LogP contribution in [-0.2, 0) is 19.9 Å². The molecule has 0 aliphatic carbocycles. The van der Waals surface area contributed by atoms with Crippen molar-refractivity contribution in [1.29, 1.82) is 0 Å². The van der Waals surface area contributed by atoms with E-state index < -0.39 is 0 Å². The minimum atomic E-state index is 0.515. The highest BCUT2D eigenvalue weighted by Crippen LogP contribution is 2.26. The van der Waals surface area contributed by atoms with Crippen LogP contribution in [-0.4, -0.2) is 57.5 Å². The standard InChI is InChI=1S/C16H25N7O/c1-4-15-20-14(21-24-15)5-7-18-16(17-2)23-8-6-12(11-23)13-9-19-22(3)10-13/h9-10,12H,4-8,11H2,1-3H3,(H,17,18). The molecule has 1 fully saturated rings. The van der Waals surface area contributed by atoms with E-state index in [0.29, 0.717) is 11.8 Å². The number of hydrogen-bond donors (Lipinski definition) is 1. The van der Waals surface area contributed by atoms with E-state index in [4.69, 9.17) is 4.52 Å². The van der Waals surface area contributed by atoms with Crippen molar-refractivity contribution in [2.75, 3.05) is 26.7 Å². The first-order valence-corrected chi connectivity index (χ1v) is 8.45. The van der Waals surface area contributed by atoms with Gasteiger partial charge in [0.25, 0.3) is 0 Å². The summed E-state index contributed by atoms with van der Waals surface area (Å²) in [7, 11) is 3.78. The van der Waals surface area contributed by atoms with Gasteiger partial charge in [-0.05, 0) is 12.0 Å². The van der Waals surface area contributed by atoms with Crippen molar-refractivity contribution in [3.05, 3.63) is 29.7 Å². The molecule has 1 N–H and O–H groups in total. The topological polar surface area (TPSA) is 84.4 Å². The molecule has 130 valence electrons. The minimum absolute atomic E-state index is 0.515. The second kappa shape index (κ2) is 7.46. The van der Waals surface area contributed by atoms with Crippen LogP contribution in [0.25, 0.3) is 0 Å². The van der Waals surface area contributed by atoms with Crippen LogP contribution in [0.5, 0.6) is 0 Å². The predicted molar refractivity (Wildman–Crippen MR) is 90.9 cm³/mol. The normalized spacial score (nSPS) is 18.4. The van der Waals surface area contributed by atoms with Gasteiger partial charge in [0.2, 0.25) is 5.89 Å². The van der Waals surface area contributed by atoms with E-state index in [1.165, 1.54) is 5.56 Å². The van der Waals surface area contributed by atoms with Crippen molar-refractivity contribution in [2.24, 2.45) is 12.0 Å². The molecule has 0 bridgehead atoms. The first-order chi connectivity index (χ1) is 11.7. The second-order valence-electron chi connectivity index (χ2n) is 6.06. The summed E-state index contributed by atoms with van der Waals surface area (Å²) < 4.78 is 6.99. The maximum Gasteiger partial charge on any atom is 0.226 e. The Morgan fingerprint density at radius 2 is 2.38 bits per heavy atom. The van der Waals surface area contributed by atoms with Crippen molar-refractivity contribution in [3.63, 3.8) is 0 Å². The molecular weight excluding hydrogens is 306 g/mol. The molecule has 0 aromatic carbocycles. The zero-order valence-electron chi connectivity index (χ0n) is 14.6. The molecule has 0 amide bonds. The molecule has 2 aromatic heterocycles. The van der Waals surface area contributed by atoms with Gasteiger partial charge in [0, 0.05) is 58.7 Å². The summed E-state index contributed by atoms with van der Waals surface area (Å²) in [6, 6.07) is 0. The van der Waals surface area contributed by atoms with E-state index in [9.17, 15) is 0 Å². The predicted octanol–water partition coefficient (Wildman–Crippen LogP) is 0.973. The van der Waals surface area contributed by atoms with E-state index in [1.807, 2.05) is 31.9 Å². The highest BCUT2D eigenvalue weighted by molar-refractivity contribution is 5.80. The van der Waals surface area contributed by atoms with Gasteiger partial charge < -0.3 is 14.7 Å². The monoisotopic (exact) mass is 331 g/mol. The number of aliphatic imine (C=N–C) groups is 1. The molecule has 8 heteroatoms. The third kappa shape index (κ3) is 3.74. The van der Waals surface area contributed by atoms with Crippen molar-refractivity contribution in [3.8, 4) is 0 Å². The molecule has 1 unspecified atom stereocenters. The van der Waals surface area contributed by atoms with Crippen LogP contribution in [0.2, 0.25) is 0 Å². The summed E-state index contributed by atoms with van der Waals surface area (Å²) in [5.41, 5.74) is 1.30. The van der Waals surface area contributed by atoms with Crippen LogP contribution in [0.1, 0.15) is 36.5 Å². The number of likely N-dealkylation sites (tertiary alicyclic amines) is 1. The molecule has 3 rings (SSSR count). The van der Waals surface area contributed by atoms with E-state index in [1.54, 1.807) is 0 Å². The lowest BCUT2D eigenvalue weighted by Crippen LogP contribution is -2.40. The summed E-state index contributed by atoms with van der Waals surface area (Å²) >= 11 is 0. The van der Waals surface area contributed by atoms with E-state index >= 15 is 0 Å². The first-order valence-electron chi connectivity index (χ1n) is 8.45. The molecule has 1 aliphatic rings. The van der Waals surface area contributed by atoms with Crippen LogP contribution >= 0.6 is 0 Å². The smallest absolute Gasteiger partial charge is 0.226 e. The van der Waals surface area contributed by atoms with Gasteiger partial charge in [-0.25, -0.2) is 0 Å². The van der Waals surface area contributed by atoms with Gasteiger partial charge in [0.1, 0.15) is 0 Å². The Morgan fingerprint density at radius 3 is 3.04 bits per heavy atom. The molecule has 8 nitrogen and oxygen atoms in total. The van der Waals surface area contributed by atoms with Gasteiger partial charge in [0.05, 0.1) is 6.20 Å². The van der Waals surface area contributed by atoms with Crippen LogP contribution in [0, 0.1) is 0 Å².